The molecule has 0 saturated heterocycles. The molecule has 0 aliphatic rings. The van der Waals surface area contributed by atoms with Crippen LogP contribution in [0.2, 0.25) is 0 Å². The number of furan rings is 1. The number of aromatic amines is 1. The molecule has 5 nitrogen and oxygen atoms in total. The molecule has 3 aromatic rings. The number of benzene rings is 1. The summed E-state index contributed by atoms with van der Waals surface area (Å²) in [7, 11) is 0. The van der Waals surface area contributed by atoms with Crippen LogP contribution >= 0.6 is 0 Å². The highest BCUT2D eigenvalue weighted by atomic mass is 16.3. The Labute approximate surface area is 133 Å². The van der Waals surface area contributed by atoms with E-state index < -0.39 is 6.04 Å². The third-order valence-electron chi connectivity index (χ3n) is 3.57. The first-order valence-corrected chi connectivity index (χ1v) is 7.23. The molecule has 2 aromatic heterocycles. The second-order valence-electron chi connectivity index (χ2n) is 5.19. The number of hydrogen-bond donors (Lipinski definition) is 2. The molecule has 116 valence electrons. The van der Waals surface area contributed by atoms with Crippen molar-refractivity contribution in [3.8, 4) is 0 Å². The van der Waals surface area contributed by atoms with Gasteiger partial charge in [0.05, 0.1) is 6.26 Å². The van der Waals surface area contributed by atoms with Gasteiger partial charge in [0.1, 0.15) is 17.5 Å². The van der Waals surface area contributed by atoms with Crippen molar-refractivity contribution in [1.82, 2.24) is 10.3 Å². The summed E-state index contributed by atoms with van der Waals surface area (Å²) in [6.45, 7) is 1.46. The maximum Gasteiger partial charge on any atom is 0.268 e. The average molecular weight is 308 g/mol. The molecule has 0 spiro atoms. The smallest absolute Gasteiger partial charge is 0.268 e. The van der Waals surface area contributed by atoms with Gasteiger partial charge < -0.3 is 14.7 Å². The Bertz CT molecular complexity index is 804. The lowest BCUT2D eigenvalue weighted by molar-refractivity contribution is 0.0934. The zero-order valence-corrected chi connectivity index (χ0v) is 12.6. The molecule has 0 aliphatic heterocycles. The molecular weight excluding hydrogens is 292 g/mol. The minimum absolute atomic E-state index is 0.0917. The first-order valence-electron chi connectivity index (χ1n) is 7.23. The normalized spacial score (nSPS) is 11.9. The predicted molar refractivity (Wildman–Crippen MR) is 85.3 cm³/mol. The Morgan fingerprint density at radius 2 is 1.91 bits per heavy atom. The van der Waals surface area contributed by atoms with E-state index in [0.717, 1.165) is 5.56 Å². The molecule has 0 bridgehead atoms. The van der Waals surface area contributed by atoms with Gasteiger partial charge in [-0.2, -0.15) is 0 Å². The Morgan fingerprint density at radius 3 is 2.52 bits per heavy atom. The summed E-state index contributed by atoms with van der Waals surface area (Å²) < 4.78 is 5.45. The molecule has 0 aliphatic carbocycles. The van der Waals surface area contributed by atoms with E-state index in [4.69, 9.17) is 4.42 Å². The Morgan fingerprint density at radius 1 is 1.13 bits per heavy atom. The van der Waals surface area contributed by atoms with E-state index in [1.165, 1.54) is 13.1 Å². The third-order valence-corrected chi connectivity index (χ3v) is 3.57. The van der Waals surface area contributed by atoms with Gasteiger partial charge in [-0.05, 0) is 30.7 Å². The van der Waals surface area contributed by atoms with Crippen molar-refractivity contribution in [3.63, 3.8) is 0 Å². The van der Waals surface area contributed by atoms with E-state index in [0.29, 0.717) is 17.0 Å². The summed E-state index contributed by atoms with van der Waals surface area (Å²) in [6, 6.07) is 14.3. The van der Waals surface area contributed by atoms with Gasteiger partial charge in [0.25, 0.3) is 5.91 Å². The van der Waals surface area contributed by atoms with Crippen LogP contribution in [0.5, 0.6) is 0 Å². The topological polar surface area (TPSA) is 75.1 Å². The predicted octanol–water partition coefficient (Wildman–Crippen LogP) is 3.33. The molecule has 3 rings (SSSR count). The quantitative estimate of drug-likeness (QED) is 0.710. The lowest BCUT2D eigenvalue weighted by Crippen LogP contribution is -2.29. The maximum atomic E-state index is 12.5. The maximum absolute atomic E-state index is 12.5. The minimum Gasteiger partial charge on any atom is -0.467 e. The number of hydrogen-bond acceptors (Lipinski definition) is 3. The van der Waals surface area contributed by atoms with Crippen LogP contribution in [0.15, 0.2) is 65.4 Å². The monoisotopic (exact) mass is 308 g/mol. The molecule has 1 unspecified atom stereocenters. The fourth-order valence-corrected chi connectivity index (χ4v) is 2.36. The van der Waals surface area contributed by atoms with Crippen LogP contribution in [0, 0.1) is 0 Å². The van der Waals surface area contributed by atoms with Gasteiger partial charge in [-0.1, -0.05) is 30.3 Å². The molecule has 23 heavy (non-hydrogen) atoms. The average Bonchev–Trinajstić information content (AvgIpc) is 3.24. The largest absolute Gasteiger partial charge is 0.467 e. The summed E-state index contributed by atoms with van der Waals surface area (Å²) in [5, 5.41) is 2.93. The van der Waals surface area contributed by atoms with Gasteiger partial charge in [-0.25, -0.2) is 0 Å². The summed E-state index contributed by atoms with van der Waals surface area (Å²) in [4.78, 5) is 26.6. The lowest BCUT2D eigenvalue weighted by Gasteiger charge is -2.16. The van der Waals surface area contributed by atoms with Crippen LogP contribution in [-0.2, 0) is 0 Å². The highest BCUT2D eigenvalue weighted by Crippen LogP contribution is 2.22. The van der Waals surface area contributed by atoms with Crippen LogP contribution < -0.4 is 5.32 Å². The first kappa shape index (κ1) is 14.8. The van der Waals surface area contributed by atoms with Crippen molar-refractivity contribution in [2.45, 2.75) is 13.0 Å². The van der Waals surface area contributed by atoms with Gasteiger partial charge >= 0.3 is 0 Å². The zero-order valence-electron chi connectivity index (χ0n) is 12.6. The van der Waals surface area contributed by atoms with E-state index in [-0.39, 0.29) is 11.7 Å². The summed E-state index contributed by atoms with van der Waals surface area (Å²) in [6.07, 6.45) is 3.10. The number of Topliss-reactive ketones (excluding diaryl/α,β-unsaturated/α-hetero) is 1. The molecule has 2 N–H and O–H groups in total. The number of H-pyrrole nitrogens is 1. The summed E-state index contributed by atoms with van der Waals surface area (Å²) in [5.41, 5.74) is 1.72. The van der Waals surface area contributed by atoms with Gasteiger partial charge in [0.15, 0.2) is 5.78 Å². The van der Waals surface area contributed by atoms with Crippen LogP contribution in [0.1, 0.15) is 45.1 Å². The highest BCUT2D eigenvalue weighted by Gasteiger charge is 2.21. The number of carbonyl (C=O) groups excluding carboxylic acids is 2. The van der Waals surface area contributed by atoms with E-state index in [9.17, 15) is 9.59 Å². The first-order chi connectivity index (χ1) is 11.1. The van der Waals surface area contributed by atoms with Crippen LogP contribution in [0.3, 0.4) is 0 Å². The van der Waals surface area contributed by atoms with Gasteiger partial charge in [-0.3, -0.25) is 9.59 Å². The van der Waals surface area contributed by atoms with E-state index in [2.05, 4.69) is 10.3 Å². The number of aromatic nitrogens is 1. The van der Waals surface area contributed by atoms with Crippen molar-refractivity contribution < 1.29 is 14.0 Å². The van der Waals surface area contributed by atoms with Crippen molar-refractivity contribution in [2.24, 2.45) is 0 Å². The summed E-state index contributed by atoms with van der Waals surface area (Å²) >= 11 is 0. The Balaban J connectivity index is 1.86. The molecule has 1 aromatic carbocycles. The number of rotatable bonds is 5. The van der Waals surface area contributed by atoms with Crippen molar-refractivity contribution in [2.75, 3.05) is 0 Å². The highest BCUT2D eigenvalue weighted by molar-refractivity contribution is 5.99. The van der Waals surface area contributed by atoms with E-state index in [1.807, 2.05) is 36.4 Å². The van der Waals surface area contributed by atoms with Gasteiger partial charge in [-0.15, -0.1) is 0 Å². The van der Waals surface area contributed by atoms with Crippen LogP contribution in [-0.4, -0.2) is 16.7 Å². The lowest BCUT2D eigenvalue weighted by atomic mass is 10.0. The van der Waals surface area contributed by atoms with Crippen molar-refractivity contribution >= 4 is 11.7 Å². The SMILES string of the molecule is CC(=O)c1c[nH]c(C(=O)NC(c2ccccc2)c2ccco2)c1. The second-order valence-corrected chi connectivity index (χ2v) is 5.19. The Hall–Kier alpha value is -3.08. The molecule has 0 fully saturated rings. The van der Waals surface area contributed by atoms with E-state index in [1.54, 1.807) is 18.4 Å². The zero-order chi connectivity index (χ0) is 16.2. The van der Waals surface area contributed by atoms with Crippen molar-refractivity contribution in [3.05, 3.63) is 83.6 Å². The Kier molecular flexibility index (Phi) is 4.10. The molecule has 0 saturated carbocycles. The van der Waals surface area contributed by atoms with Gasteiger partial charge in [0.2, 0.25) is 0 Å². The van der Waals surface area contributed by atoms with Crippen LogP contribution in [0.4, 0.5) is 0 Å². The number of ketones is 1. The van der Waals surface area contributed by atoms with Gasteiger partial charge in [0, 0.05) is 11.8 Å². The fourth-order valence-electron chi connectivity index (χ4n) is 2.36. The number of nitrogens with one attached hydrogen (secondary N) is 2. The number of carbonyl (C=O) groups is 2. The molecule has 5 heteroatoms. The van der Waals surface area contributed by atoms with Crippen molar-refractivity contribution in [1.29, 1.82) is 0 Å². The molecular formula is C18H16N2O3. The molecule has 1 amide bonds. The number of amides is 1. The molecule has 1 atom stereocenters. The molecule has 2 heterocycles. The van der Waals surface area contributed by atoms with E-state index >= 15 is 0 Å². The second kappa shape index (κ2) is 6.36. The minimum atomic E-state index is -0.400. The third kappa shape index (κ3) is 3.23. The standard InChI is InChI=1S/C18H16N2O3/c1-12(21)14-10-15(19-11-14)18(22)20-17(16-8-5-9-23-16)13-6-3-2-4-7-13/h2-11,17,19H,1H3,(H,20,22). The van der Waals surface area contributed by atoms with Crippen LogP contribution in [0.25, 0.3) is 0 Å². The molecule has 0 radical (unpaired) electrons. The summed E-state index contributed by atoms with van der Waals surface area (Å²) in [5.74, 6) is 0.247. The fraction of sp³-hybridized carbons (Fsp3) is 0.111.